The molecule has 4 amide bonds. The minimum atomic E-state index is -1.37. The number of nitrogens with zero attached hydrogens (tertiary/aromatic N) is 2. The first-order chi connectivity index (χ1) is 20.4. The van der Waals surface area contributed by atoms with Crippen molar-refractivity contribution in [3.05, 3.63) is 99.0 Å². The Labute approximate surface area is 260 Å². The van der Waals surface area contributed by atoms with Crippen LogP contribution in [-0.2, 0) is 9.59 Å². The smallest absolute Gasteiger partial charge is 0.323 e. The Bertz CT molecular complexity index is 1510. The van der Waals surface area contributed by atoms with Gasteiger partial charge in [0.15, 0.2) is 6.17 Å². The highest BCUT2D eigenvalue weighted by atomic mass is 35.5. The van der Waals surface area contributed by atoms with Gasteiger partial charge in [-0.3, -0.25) is 19.3 Å². The molecule has 1 fully saturated rings. The molecule has 43 heavy (non-hydrogen) atoms. The van der Waals surface area contributed by atoms with Gasteiger partial charge in [0.25, 0.3) is 11.8 Å². The number of halogens is 2. The summed E-state index contributed by atoms with van der Waals surface area (Å²) in [5, 5.41) is 15.7. The van der Waals surface area contributed by atoms with Crippen LogP contribution in [-0.4, -0.2) is 58.0 Å². The predicted octanol–water partition coefficient (Wildman–Crippen LogP) is 6.46. The van der Waals surface area contributed by atoms with Crippen molar-refractivity contribution in [2.45, 2.75) is 51.7 Å². The van der Waals surface area contributed by atoms with E-state index in [9.17, 15) is 24.3 Å². The molecular weight excluding hydrogens is 591 g/mol. The van der Waals surface area contributed by atoms with Crippen LogP contribution in [0.5, 0.6) is 0 Å². The monoisotopic (exact) mass is 624 g/mol. The number of hydrogen-bond acceptors (Lipinski definition) is 4. The number of rotatable bonds is 8. The van der Waals surface area contributed by atoms with Crippen molar-refractivity contribution in [1.29, 1.82) is 0 Å². The van der Waals surface area contributed by atoms with Crippen LogP contribution in [0.4, 0.5) is 10.5 Å². The summed E-state index contributed by atoms with van der Waals surface area (Å²) in [4.78, 5) is 55.8. The molecule has 1 saturated heterocycles. The summed E-state index contributed by atoms with van der Waals surface area (Å²) >= 11 is 12.2. The van der Waals surface area contributed by atoms with Gasteiger partial charge in [0, 0.05) is 24.3 Å². The van der Waals surface area contributed by atoms with E-state index in [2.05, 4.69) is 24.5 Å². The summed E-state index contributed by atoms with van der Waals surface area (Å²) in [6.45, 7) is 6.36. The van der Waals surface area contributed by atoms with Crippen LogP contribution in [0.15, 0.2) is 66.7 Å². The molecule has 2 unspecified atom stereocenters. The highest BCUT2D eigenvalue weighted by Crippen LogP contribution is 2.27. The van der Waals surface area contributed by atoms with E-state index in [0.717, 1.165) is 11.1 Å². The topological polar surface area (TPSA) is 119 Å². The Morgan fingerprint density at radius 1 is 0.907 bits per heavy atom. The number of carbonyl (C=O) groups excluding carboxylic acids is 3. The largest absolute Gasteiger partial charge is 0.481 e. The molecular formula is C32H34Cl2N4O5. The van der Waals surface area contributed by atoms with E-state index in [-0.39, 0.29) is 28.7 Å². The molecule has 4 rings (SSSR count). The molecule has 9 nitrogen and oxygen atoms in total. The van der Waals surface area contributed by atoms with Gasteiger partial charge in [-0.15, -0.1) is 0 Å². The highest BCUT2D eigenvalue weighted by Gasteiger charge is 2.41. The Kier molecular flexibility index (Phi) is 10.3. The number of amides is 4. The lowest BCUT2D eigenvalue weighted by atomic mass is 10.0. The lowest BCUT2D eigenvalue weighted by Crippen LogP contribution is -2.64. The van der Waals surface area contributed by atoms with E-state index in [1.54, 1.807) is 30.3 Å². The summed E-state index contributed by atoms with van der Waals surface area (Å²) in [6.07, 6.45) is -1.35. The van der Waals surface area contributed by atoms with Gasteiger partial charge in [-0.2, -0.15) is 0 Å². The van der Waals surface area contributed by atoms with Gasteiger partial charge in [0.1, 0.15) is 0 Å². The SMILES string of the molecule is Cc1cccc(C(CC(=O)O)NC(=O)C2N(C(=O)Nc3ccc(C(C)C)cc3)CCCN2C(=O)c2ccc(Cl)c(Cl)c2)c1. The third-order valence-electron chi connectivity index (χ3n) is 7.28. The van der Waals surface area contributed by atoms with Crippen LogP contribution in [0.25, 0.3) is 0 Å². The zero-order valence-electron chi connectivity index (χ0n) is 24.1. The molecule has 0 aromatic heterocycles. The fraction of sp³-hybridized carbons (Fsp3) is 0.312. The van der Waals surface area contributed by atoms with Gasteiger partial charge in [-0.1, -0.05) is 79.0 Å². The van der Waals surface area contributed by atoms with Gasteiger partial charge in [-0.05, 0) is 60.7 Å². The quantitative estimate of drug-likeness (QED) is 0.266. The number of hydrogen-bond donors (Lipinski definition) is 3. The van der Waals surface area contributed by atoms with E-state index >= 15 is 0 Å². The second-order valence-electron chi connectivity index (χ2n) is 10.8. The van der Waals surface area contributed by atoms with E-state index in [4.69, 9.17) is 23.2 Å². The Morgan fingerprint density at radius 2 is 1.60 bits per heavy atom. The predicted molar refractivity (Wildman–Crippen MR) is 166 cm³/mol. The molecule has 1 aliphatic rings. The van der Waals surface area contributed by atoms with Gasteiger partial charge >= 0.3 is 12.0 Å². The lowest BCUT2D eigenvalue weighted by molar-refractivity contribution is -0.138. The number of anilines is 1. The molecule has 1 aliphatic heterocycles. The molecule has 3 aromatic carbocycles. The van der Waals surface area contributed by atoms with Gasteiger partial charge in [0.05, 0.1) is 22.5 Å². The average molecular weight is 626 g/mol. The third-order valence-corrected chi connectivity index (χ3v) is 8.02. The molecule has 2 atom stereocenters. The number of carboxylic acid groups (broad SMARTS) is 1. The molecule has 0 bridgehead atoms. The molecule has 0 radical (unpaired) electrons. The molecule has 226 valence electrons. The molecule has 3 N–H and O–H groups in total. The van der Waals surface area contributed by atoms with E-state index < -0.39 is 42.4 Å². The van der Waals surface area contributed by atoms with Crippen molar-refractivity contribution in [1.82, 2.24) is 15.1 Å². The highest BCUT2D eigenvalue weighted by molar-refractivity contribution is 6.42. The number of carbonyl (C=O) groups is 4. The first-order valence-electron chi connectivity index (χ1n) is 14.0. The maximum atomic E-state index is 14.0. The second kappa shape index (κ2) is 13.9. The fourth-order valence-electron chi connectivity index (χ4n) is 5.03. The molecule has 1 heterocycles. The fourth-order valence-corrected chi connectivity index (χ4v) is 5.33. The summed E-state index contributed by atoms with van der Waals surface area (Å²) in [5.74, 6) is -2.01. The van der Waals surface area contributed by atoms with E-state index in [1.807, 2.05) is 25.1 Å². The van der Waals surface area contributed by atoms with Crippen LogP contribution in [0.3, 0.4) is 0 Å². The molecule has 0 saturated carbocycles. The average Bonchev–Trinajstić information content (AvgIpc) is 2.97. The molecule has 0 aliphatic carbocycles. The van der Waals surface area contributed by atoms with E-state index in [1.165, 1.54) is 28.0 Å². The summed E-state index contributed by atoms with van der Waals surface area (Å²) in [5.41, 5.74) is 3.31. The zero-order chi connectivity index (χ0) is 31.3. The summed E-state index contributed by atoms with van der Waals surface area (Å²) in [7, 11) is 0. The van der Waals surface area contributed by atoms with Crippen LogP contribution in [0.1, 0.15) is 65.7 Å². The van der Waals surface area contributed by atoms with Crippen LogP contribution >= 0.6 is 23.2 Å². The summed E-state index contributed by atoms with van der Waals surface area (Å²) < 4.78 is 0. The third kappa shape index (κ3) is 7.86. The zero-order valence-corrected chi connectivity index (χ0v) is 25.7. The van der Waals surface area contributed by atoms with Crippen molar-refractivity contribution in [3.8, 4) is 0 Å². The van der Waals surface area contributed by atoms with Crippen LogP contribution < -0.4 is 10.6 Å². The van der Waals surface area contributed by atoms with Crippen LogP contribution in [0, 0.1) is 6.92 Å². The van der Waals surface area contributed by atoms with Crippen molar-refractivity contribution in [2.24, 2.45) is 0 Å². The standard InChI is InChI=1S/C32H34Cl2N4O5/c1-19(2)21-8-11-24(12-9-21)35-32(43)38-15-5-14-37(31(42)23-10-13-25(33)26(34)17-23)30(38)29(41)36-27(18-28(39)40)22-7-4-6-20(3)16-22/h4,6-13,16-17,19,27,30H,5,14-15,18H2,1-3H3,(H,35,43)(H,36,41)(H,39,40). The molecule has 3 aromatic rings. The lowest BCUT2D eigenvalue weighted by Gasteiger charge is -2.43. The first kappa shape index (κ1) is 31.8. The van der Waals surface area contributed by atoms with Crippen molar-refractivity contribution in [3.63, 3.8) is 0 Å². The Morgan fingerprint density at radius 3 is 2.23 bits per heavy atom. The molecule has 11 heteroatoms. The van der Waals surface area contributed by atoms with Crippen molar-refractivity contribution < 1.29 is 24.3 Å². The minimum Gasteiger partial charge on any atom is -0.481 e. The van der Waals surface area contributed by atoms with Gasteiger partial charge in [-0.25, -0.2) is 4.79 Å². The number of carboxylic acids is 1. The second-order valence-corrected chi connectivity index (χ2v) is 11.6. The minimum absolute atomic E-state index is 0.172. The maximum Gasteiger partial charge on any atom is 0.323 e. The Balaban J connectivity index is 1.68. The number of aliphatic carboxylic acids is 1. The normalized spacial score (nSPS) is 15.6. The molecule has 0 spiro atoms. The van der Waals surface area contributed by atoms with Gasteiger partial charge < -0.3 is 20.6 Å². The van der Waals surface area contributed by atoms with Crippen molar-refractivity contribution in [2.75, 3.05) is 18.4 Å². The number of aryl methyl sites for hydroxylation is 1. The first-order valence-corrected chi connectivity index (χ1v) is 14.7. The van der Waals surface area contributed by atoms with E-state index in [0.29, 0.717) is 23.6 Å². The number of nitrogens with one attached hydrogen (secondary N) is 2. The number of urea groups is 1. The van der Waals surface area contributed by atoms with Crippen LogP contribution in [0.2, 0.25) is 10.0 Å². The summed E-state index contributed by atoms with van der Waals surface area (Å²) in [6, 6.07) is 17.5. The number of benzene rings is 3. The Hall–Kier alpha value is -4.08. The maximum absolute atomic E-state index is 14.0. The van der Waals surface area contributed by atoms with Gasteiger partial charge in [0.2, 0.25) is 0 Å². The van der Waals surface area contributed by atoms with Crippen molar-refractivity contribution >= 4 is 52.7 Å².